The number of benzene rings is 2. The molecule has 0 aliphatic carbocycles. The van der Waals surface area contributed by atoms with Crippen LogP contribution in [0.5, 0.6) is 0 Å². The fourth-order valence-corrected chi connectivity index (χ4v) is 4.34. The first kappa shape index (κ1) is 27.5. The number of hydrogen-bond donors (Lipinski definition) is 4. The van der Waals surface area contributed by atoms with Crippen LogP contribution >= 0.6 is 24.2 Å². The van der Waals surface area contributed by atoms with Crippen LogP contribution in [0.1, 0.15) is 22.3 Å². The lowest BCUT2D eigenvalue weighted by molar-refractivity contribution is -0.149. The third-order valence-corrected chi connectivity index (χ3v) is 6.90. The zero-order valence-corrected chi connectivity index (χ0v) is 21.1. The van der Waals surface area contributed by atoms with Gasteiger partial charge in [0.15, 0.2) is 0 Å². The Morgan fingerprint density at radius 3 is 2.11 bits per heavy atom. The van der Waals surface area contributed by atoms with Crippen LogP contribution in [0.4, 0.5) is 5.69 Å². The molecule has 9 nitrogen and oxygen atoms in total. The van der Waals surface area contributed by atoms with Crippen LogP contribution in [0, 0.1) is 5.92 Å². The molecule has 0 aromatic heterocycles. The van der Waals surface area contributed by atoms with Gasteiger partial charge in [-0.1, -0.05) is 23.7 Å². The average Bonchev–Trinajstić information content (AvgIpc) is 2.86. The van der Waals surface area contributed by atoms with Crippen molar-refractivity contribution in [1.82, 2.24) is 9.80 Å². The molecule has 36 heavy (non-hydrogen) atoms. The fraction of sp³-hybridized carbons (Fsp3) is 0.360. The van der Waals surface area contributed by atoms with Crippen LogP contribution in [0.25, 0.3) is 0 Å². The van der Waals surface area contributed by atoms with E-state index in [1.165, 1.54) is 5.56 Å². The third-order valence-electron chi connectivity index (χ3n) is 6.05. The van der Waals surface area contributed by atoms with E-state index in [4.69, 9.17) is 16.7 Å². The van der Waals surface area contributed by atoms with E-state index in [-0.39, 0.29) is 5.91 Å². The van der Waals surface area contributed by atoms with Gasteiger partial charge in [-0.3, -0.25) is 24.1 Å². The number of hydrogen-bond acceptors (Lipinski definition) is 6. The fourth-order valence-electron chi connectivity index (χ4n) is 3.91. The van der Waals surface area contributed by atoms with Crippen LogP contribution < -0.4 is 5.32 Å². The molecule has 1 heterocycles. The van der Waals surface area contributed by atoms with Crippen LogP contribution in [0.15, 0.2) is 48.5 Å². The second-order valence-corrected chi connectivity index (χ2v) is 9.56. The molecule has 3 rings (SSSR count). The van der Waals surface area contributed by atoms with E-state index in [2.05, 4.69) is 22.8 Å². The molecule has 1 aliphatic rings. The first-order valence-corrected chi connectivity index (χ1v) is 12.3. The SMILES string of the molecule is O=C(O)CC(C(=O)O)C(S)C(=O)Nc1ccc(C(=O)N2CCN(CCc3ccc(Cl)cc3)CC2)cc1. The number of nitrogens with zero attached hydrogens (tertiary/aromatic N) is 2. The van der Waals surface area contributed by atoms with E-state index >= 15 is 0 Å². The number of carbonyl (C=O) groups is 4. The molecule has 1 saturated heterocycles. The Labute approximate surface area is 219 Å². The minimum atomic E-state index is -1.48. The van der Waals surface area contributed by atoms with Gasteiger partial charge in [0.25, 0.3) is 5.91 Å². The summed E-state index contributed by atoms with van der Waals surface area (Å²) in [6.07, 6.45) is 0.188. The molecule has 2 unspecified atom stereocenters. The molecule has 2 aromatic rings. The number of piperazine rings is 1. The molecular weight excluding hydrogens is 506 g/mol. The molecule has 1 fully saturated rings. The number of halogens is 1. The van der Waals surface area contributed by atoms with E-state index in [1.807, 2.05) is 24.3 Å². The summed E-state index contributed by atoms with van der Waals surface area (Å²) in [4.78, 5) is 51.6. The van der Waals surface area contributed by atoms with Gasteiger partial charge in [0.1, 0.15) is 0 Å². The maximum atomic E-state index is 12.9. The summed E-state index contributed by atoms with van der Waals surface area (Å²) in [6.45, 7) is 3.67. The van der Waals surface area contributed by atoms with E-state index in [9.17, 15) is 24.3 Å². The van der Waals surface area contributed by atoms with E-state index in [1.54, 1.807) is 29.2 Å². The highest BCUT2D eigenvalue weighted by atomic mass is 35.5. The Morgan fingerprint density at radius 1 is 0.944 bits per heavy atom. The summed E-state index contributed by atoms with van der Waals surface area (Å²) < 4.78 is 0. The van der Waals surface area contributed by atoms with Gasteiger partial charge < -0.3 is 20.4 Å². The molecule has 192 valence electrons. The monoisotopic (exact) mass is 533 g/mol. The number of carboxylic acids is 2. The van der Waals surface area contributed by atoms with Gasteiger partial charge in [0.2, 0.25) is 5.91 Å². The lowest BCUT2D eigenvalue weighted by Crippen LogP contribution is -2.49. The molecule has 3 N–H and O–H groups in total. The smallest absolute Gasteiger partial charge is 0.308 e. The summed E-state index contributed by atoms with van der Waals surface area (Å²) in [5.41, 5.74) is 2.04. The Hall–Kier alpha value is -3.08. The topological polar surface area (TPSA) is 127 Å². The number of carboxylic acid groups (broad SMARTS) is 2. The van der Waals surface area contributed by atoms with Crippen LogP contribution in [0.3, 0.4) is 0 Å². The number of nitrogens with one attached hydrogen (secondary N) is 1. The van der Waals surface area contributed by atoms with Crippen molar-refractivity contribution in [2.45, 2.75) is 18.1 Å². The summed E-state index contributed by atoms with van der Waals surface area (Å²) in [7, 11) is 0. The molecular formula is C25H28ClN3O6S. The lowest BCUT2D eigenvalue weighted by Gasteiger charge is -2.34. The molecule has 0 bridgehead atoms. The second-order valence-electron chi connectivity index (χ2n) is 8.56. The minimum Gasteiger partial charge on any atom is -0.481 e. The van der Waals surface area contributed by atoms with Gasteiger partial charge in [-0.05, 0) is 48.4 Å². The maximum absolute atomic E-state index is 12.9. The Balaban J connectivity index is 1.49. The van der Waals surface area contributed by atoms with Gasteiger partial charge >= 0.3 is 11.9 Å². The predicted octanol–water partition coefficient (Wildman–Crippen LogP) is 2.75. The first-order chi connectivity index (χ1) is 17.1. The Bertz CT molecular complexity index is 1090. The first-order valence-electron chi connectivity index (χ1n) is 11.4. The van der Waals surface area contributed by atoms with Gasteiger partial charge in [-0.25, -0.2) is 0 Å². The highest BCUT2D eigenvalue weighted by Gasteiger charge is 2.33. The van der Waals surface area contributed by atoms with Crippen molar-refractivity contribution in [2.75, 3.05) is 38.0 Å². The zero-order chi connectivity index (χ0) is 26.2. The van der Waals surface area contributed by atoms with Crippen molar-refractivity contribution in [3.8, 4) is 0 Å². The Kier molecular flexibility index (Phi) is 9.74. The van der Waals surface area contributed by atoms with Gasteiger partial charge in [-0.15, -0.1) is 0 Å². The summed E-state index contributed by atoms with van der Waals surface area (Å²) >= 11 is 9.94. The number of rotatable bonds is 10. The van der Waals surface area contributed by atoms with Crippen molar-refractivity contribution in [1.29, 1.82) is 0 Å². The van der Waals surface area contributed by atoms with E-state index in [0.717, 1.165) is 31.1 Å². The van der Waals surface area contributed by atoms with Gasteiger partial charge in [0, 0.05) is 49.0 Å². The molecule has 2 atom stereocenters. The van der Waals surface area contributed by atoms with Crippen LogP contribution in [-0.4, -0.2) is 81.7 Å². The predicted molar refractivity (Wildman–Crippen MR) is 139 cm³/mol. The molecule has 0 spiro atoms. The number of amides is 2. The maximum Gasteiger partial charge on any atom is 0.308 e. The normalized spacial score (nSPS) is 15.7. The minimum absolute atomic E-state index is 0.107. The second kappa shape index (κ2) is 12.8. The summed E-state index contributed by atoms with van der Waals surface area (Å²) in [5.74, 6) is -5.07. The number of aliphatic carboxylic acids is 2. The van der Waals surface area contributed by atoms with Gasteiger partial charge in [-0.2, -0.15) is 12.6 Å². The van der Waals surface area contributed by atoms with Crippen molar-refractivity contribution in [2.24, 2.45) is 5.92 Å². The highest BCUT2D eigenvalue weighted by Crippen LogP contribution is 2.19. The molecule has 0 radical (unpaired) electrons. The highest BCUT2D eigenvalue weighted by molar-refractivity contribution is 7.81. The Morgan fingerprint density at radius 2 is 1.56 bits per heavy atom. The number of anilines is 1. The number of carbonyl (C=O) groups excluding carboxylic acids is 2. The molecule has 2 amide bonds. The van der Waals surface area contributed by atoms with Crippen LogP contribution in [0.2, 0.25) is 5.02 Å². The van der Waals surface area contributed by atoms with Gasteiger partial charge in [0.05, 0.1) is 17.6 Å². The number of thiol groups is 1. The van der Waals surface area contributed by atoms with Crippen molar-refractivity contribution < 1.29 is 29.4 Å². The van der Waals surface area contributed by atoms with E-state index < -0.39 is 35.4 Å². The summed E-state index contributed by atoms with van der Waals surface area (Å²) in [6, 6.07) is 14.1. The molecule has 2 aromatic carbocycles. The van der Waals surface area contributed by atoms with E-state index in [0.29, 0.717) is 24.3 Å². The van der Waals surface area contributed by atoms with Crippen LogP contribution in [-0.2, 0) is 20.8 Å². The average molecular weight is 534 g/mol. The quantitative estimate of drug-likeness (QED) is 0.346. The standard InChI is InChI=1S/C25H28ClN3O6S/c26-18-5-1-16(2-6-18)9-10-28-11-13-29(14-12-28)24(33)17-3-7-19(8-4-17)27-23(32)22(36)20(25(34)35)15-21(30)31/h1-8,20,22,36H,9-15H2,(H,27,32)(H,30,31)(H,34,35). The third kappa shape index (κ3) is 7.71. The zero-order valence-electron chi connectivity index (χ0n) is 19.5. The lowest BCUT2D eigenvalue weighted by atomic mass is 10.0. The van der Waals surface area contributed by atoms with Crippen molar-refractivity contribution in [3.05, 3.63) is 64.7 Å². The molecule has 0 saturated carbocycles. The molecule has 11 heteroatoms. The van der Waals surface area contributed by atoms with Crippen molar-refractivity contribution in [3.63, 3.8) is 0 Å². The molecule has 1 aliphatic heterocycles. The summed E-state index contributed by atoms with van der Waals surface area (Å²) in [5, 5.41) is 20.0. The van der Waals surface area contributed by atoms with Crippen molar-refractivity contribution >= 4 is 53.7 Å². The largest absolute Gasteiger partial charge is 0.481 e.